The van der Waals surface area contributed by atoms with E-state index in [4.69, 9.17) is 14.2 Å². The third-order valence-electron chi connectivity index (χ3n) is 6.09. The fraction of sp³-hybridized carbons (Fsp3) is 0.625. The lowest BCUT2D eigenvalue weighted by atomic mass is 9.94. The molecule has 3 rings (SSSR count). The van der Waals surface area contributed by atoms with Crippen LogP contribution in [0.1, 0.15) is 36.0 Å². The predicted octanol–water partition coefficient (Wildman–Crippen LogP) is 1.11. The Morgan fingerprint density at radius 3 is 2.76 bits per heavy atom. The van der Waals surface area contributed by atoms with Crippen LogP contribution in [-0.4, -0.2) is 100 Å². The number of benzene rings is 1. The first-order valence-electron chi connectivity index (χ1n) is 11.7. The third-order valence-corrected chi connectivity index (χ3v) is 6.09. The second kappa shape index (κ2) is 12.1. The van der Waals surface area contributed by atoms with E-state index >= 15 is 0 Å². The first-order chi connectivity index (χ1) is 16.3. The van der Waals surface area contributed by atoms with Crippen LogP contribution in [0.25, 0.3) is 0 Å². The van der Waals surface area contributed by atoms with E-state index in [1.165, 1.54) is 7.11 Å². The van der Waals surface area contributed by atoms with E-state index in [1.54, 1.807) is 30.1 Å². The number of nitrogens with zero attached hydrogens (tertiary/aromatic N) is 2. The molecule has 2 heterocycles. The van der Waals surface area contributed by atoms with Crippen molar-refractivity contribution < 1.29 is 28.6 Å². The number of anilines is 1. The number of fused-ring (bicyclic) bond motifs is 2. The van der Waals surface area contributed by atoms with Gasteiger partial charge in [-0.3, -0.25) is 14.4 Å². The van der Waals surface area contributed by atoms with Crippen LogP contribution in [0.2, 0.25) is 0 Å². The van der Waals surface area contributed by atoms with Crippen molar-refractivity contribution in [3.05, 3.63) is 23.8 Å². The van der Waals surface area contributed by atoms with E-state index < -0.39 is 0 Å². The van der Waals surface area contributed by atoms with E-state index in [9.17, 15) is 14.4 Å². The van der Waals surface area contributed by atoms with Crippen LogP contribution in [0.4, 0.5) is 5.69 Å². The molecule has 1 aromatic carbocycles. The summed E-state index contributed by atoms with van der Waals surface area (Å²) in [6.07, 6.45) is 2.05. The van der Waals surface area contributed by atoms with Crippen molar-refractivity contribution in [1.82, 2.24) is 15.1 Å². The smallest absolute Gasteiger partial charge is 0.257 e. The lowest BCUT2D eigenvalue weighted by Crippen LogP contribution is -2.54. The number of nitrogens with one attached hydrogen (secondary N) is 2. The molecule has 1 aromatic rings. The molecule has 10 nitrogen and oxygen atoms in total. The summed E-state index contributed by atoms with van der Waals surface area (Å²) in [4.78, 5) is 41.2. The third kappa shape index (κ3) is 6.91. The largest absolute Gasteiger partial charge is 0.490 e. The van der Waals surface area contributed by atoms with Gasteiger partial charge in [0.05, 0.1) is 24.1 Å². The highest BCUT2D eigenvalue weighted by Gasteiger charge is 2.39. The number of hydrogen-bond acceptors (Lipinski definition) is 7. The van der Waals surface area contributed by atoms with Gasteiger partial charge < -0.3 is 34.6 Å². The Morgan fingerprint density at radius 2 is 2.03 bits per heavy atom. The molecule has 1 saturated heterocycles. The van der Waals surface area contributed by atoms with Gasteiger partial charge in [0.15, 0.2) is 0 Å². The van der Waals surface area contributed by atoms with Crippen LogP contribution >= 0.6 is 0 Å². The summed E-state index contributed by atoms with van der Waals surface area (Å²) in [5, 5.41) is 5.67. The van der Waals surface area contributed by atoms with Crippen molar-refractivity contribution in [2.45, 2.75) is 43.9 Å². The average Bonchev–Trinajstić information content (AvgIpc) is 2.79. The molecule has 0 unspecified atom stereocenters. The lowest BCUT2D eigenvalue weighted by molar-refractivity contribution is -0.134. The molecule has 0 aliphatic carbocycles. The molecular weight excluding hydrogens is 440 g/mol. The first kappa shape index (κ1) is 25.9. The highest BCUT2D eigenvalue weighted by atomic mass is 16.5. The van der Waals surface area contributed by atoms with Crippen LogP contribution < -0.4 is 15.4 Å². The number of hydrogen-bond donors (Lipinski definition) is 2. The van der Waals surface area contributed by atoms with Crippen LogP contribution in [0.5, 0.6) is 5.75 Å². The quantitative estimate of drug-likeness (QED) is 0.514. The molecule has 188 valence electrons. The summed E-state index contributed by atoms with van der Waals surface area (Å²) in [5.74, 6) is -0.0899. The number of ether oxygens (including phenoxy) is 3. The maximum absolute atomic E-state index is 13.2. The summed E-state index contributed by atoms with van der Waals surface area (Å²) in [6.45, 7) is 1.76. The van der Waals surface area contributed by atoms with Gasteiger partial charge in [-0.05, 0) is 58.1 Å². The second-order valence-corrected chi connectivity index (χ2v) is 9.07. The maximum Gasteiger partial charge on any atom is 0.257 e. The number of carbonyl (C=O) groups excluding carboxylic acids is 3. The zero-order chi connectivity index (χ0) is 24.7. The summed E-state index contributed by atoms with van der Waals surface area (Å²) in [6, 6.07) is 4.82. The standard InChI is InChI=1S/C24H36N4O6/c1-27(2)11-5-10-25-22(29)13-17-7-8-19-21(34-17)14-33-20-9-6-16(26-23(30)15-32-4)12-18(20)24(31)28(19)3/h6,9,12,17,19,21H,5,7-8,10-11,13-15H2,1-4H3,(H,25,29)(H,26,30)/t17-,19+,21+/m1/s1. The van der Waals surface area contributed by atoms with Crippen molar-refractivity contribution in [1.29, 1.82) is 0 Å². The van der Waals surface area contributed by atoms with Gasteiger partial charge in [0.1, 0.15) is 25.1 Å². The minimum absolute atomic E-state index is 0.0215. The van der Waals surface area contributed by atoms with Crippen molar-refractivity contribution in [2.24, 2.45) is 0 Å². The van der Waals surface area contributed by atoms with E-state index in [1.807, 2.05) is 14.1 Å². The Bertz CT molecular complexity index is 877. The Balaban J connectivity index is 1.61. The molecule has 0 aromatic heterocycles. The van der Waals surface area contributed by atoms with Gasteiger partial charge in [-0.1, -0.05) is 0 Å². The maximum atomic E-state index is 13.2. The van der Waals surface area contributed by atoms with Crippen LogP contribution in [-0.2, 0) is 19.1 Å². The van der Waals surface area contributed by atoms with Gasteiger partial charge in [0.25, 0.3) is 5.91 Å². The number of methoxy groups -OCH3 is 1. The monoisotopic (exact) mass is 476 g/mol. The van der Waals surface area contributed by atoms with E-state index in [0.717, 1.165) is 13.0 Å². The number of rotatable bonds is 9. The van der Waals surface area contributed by atoms with Gasteiger partial charge in [-0.2, -0.15) is 0 Å². The Labute approximate surface area is 200 Å². The number of amides is 3. The van der Waals surface area contributed by atoms with Gasteiger partial charge >= 0.3 is 0 Å². The lowest BCUT2D eigenvalue weighted by Gasteiger charge is -2.42. The summed E-state index contributed by atoms with van der Waals surface area (Å²) in [5.41, 5.74) is 0.884. The molecule has 10 heteroatoms. The first-order valence-corrected chi connectivity index (χ1v) is 11.7. The Kier molecular flexibility index (Phi) is 9.26. The number of likely N-dealkylation sites (N-methyl/N-ethyl adjacent to an activating group) is 1. The van der Waals surface area contributed by atoms with E-state index in [-0.39, 0.29) is 49.2 Å². The minimum Gasteiger partial charge on any atom is -0.490 e. The average molecular weight is 477 g/mol. The second-order valence-electron chi connectivity index (χ2n) is 9.07. The van der Waals surface area contributed by atoms with Crippen molar-refractivity contribution >= 4 is 23.4 Å². The topological polar surface area (TPSA) is 109 Å². The molecule has 0 saturated carbocycles. The Hall–Kier alpha value is -2.69. The van der Waals surface area contributed by atoms with Crippen molar-refractivity contribution in [3.63, 3.8) is 0 Å². The van der Waals surface area contributed by atoms with Crippen molar-refractivity contribution in [2.75, 3.05) is 59.9 Å². The fourth-order valence-electron chi connectivity index (χ4n) is 4.34. The van der Waals surface area contributed by atoms with Gasteiger partial charge in [0.2, 0.25) is 11.8 Å². The van der Waals surface area contributed by atoms with Crippen LogP contribution in [0.15, 0.2) is 18.2 Å². The molecule has 2 N–H and O–H groups in total. The molecule has 3 atom stereocenters. The zero-order valence-electron chi connectivity index (χ0n) is 20.5. The minimum atomic E-state index is -0.330. The molecule has 2 aliphatic rings. The molecule has 0 bridgehead atoms. The molecule has 0 radical (unpaired) electrons. The molecular formula is C24H36N4O6. The highest BCUT2D eigenvalue weighted by molar-refractivity contribution is 6.00. The van der Waals surface area contributed by atoms with E-state index in [2.05, 4.69) is 15.5 Å². The molecule has 3 amide bonds. The van der Waals surface area contributed by atoms with Crippen molar-refractivity contribution in [3.8, 4) is 5.75 Å². The highest BCUT2D eigenvalue weighted by Crippen LogP contribution is 2.32. The summed E-state index contributed by atoms with van der Waals surface area (Å²) < 4.78 is 17.0. The normalized spacial score (nSPS) is 22.2. The Morgan fingerprint density at radius 1 is 1.24 bits per heavy atom. The molecule has 0 spiro atoms. The molecule has 34 heavy (non-hydrogen) atoms. The van der Waals surface area contributed by atoms with Gasteiger partial charge in [-0.25, -0.2) is 0 Å². The van der Waals surface area contributed by atoms with Crippen LogP contribution in [0, 0.1) is 0 Å². The van der Waals surface area contributed by atoms with E-state index in [0.29, 0.717) is 42.8 Å². The SMILES string of the molecule is COCC(=O)Nc1ccc2c(c1)C(=O)N(C)[C@H]1CC[C@H](CC(=O)NCCCN(C)C)O[C@H]1CO2. The van der Waals surface area contributed by atoms with Gasteiger partial charge in [-0.15, -0.1) is 0 Å². The molecule has 2 aliphatic heterocycles. The summed E-state index contributed by atoms with van der Waals surface area (Å²) >= 11 is 0. The summed E-state index contributed by atoms with van der Waals surface area (Å²) in [7, 11) is 7.21. The number of carbonyl (C=O) groups is 3. The van der Waals surface area contributed by atoms with Crippen LogP contribution in [0.3, 0.4) is 0 Å². The zero-order valence-corrected chi connectivity index (χ0v) is 20.5. The predicted molar refractivity (Wildman–Crippen MR) is 127 cm³/mol. The fourth-order valence-corrected chi connectivity index (χ4v) is 4.34. The van der Waals surface area contributed by atoms with Gasteiger partial charge in [0, 0.05) is 26.4 Å². The molecule has 1 fully saturated rings.